The van der Waals surface area contributed by atoms with Crippen molar-refractivity contribution < 1.29 is 9.53 Å². The Morgan fingerprint density at radius 2 is 2.20 bits per heavy atom. The summed E-state index contributed by atoms with van der Waals surface area (Å²) in [6, 6.07) is 0. The minimum atomic E-state index is -0.243. The highest BCUT2D eigenvalue weighted by atomic mass is 16.5. The van der Waals surface area contributed by atoms with Gasteiger partial charge in [-0.2, -0.15) is 0 Å². The molecule has 0 aromatic rings. The predicted octanol–water partition coefficient (Wildman–Crippen LogP) is 3.24. The smallest absolute Gasteiger partial charge is 0.330 e. The topological polar surface area (TPSA) is 26.3 Å². The van der Waals surface area contributed by atoms with Crippen LogP contribution in [0.4, 0.5) is 0 Å². The van der Waals surface area contributed by atoms with Crippen LogP contribution < -0.4 is 0 Å². The zero-order valence-electron chi connectivity index (χ0n) is 10.1. The van der Waals surface area contributed by atoms with Gasteiger partial charge in [-0.05, 0) is 31.6 Å². The molecule has 0 amide bonds. The summed E-state index contributed by atoms with van der Waals surface area (Å²) < 4.78 is 4.69. The number of methoxy groups -OCH3 is 1. The summed E-state index contributed by atoms with van der Waals surface area (Å²) in [4.78, 5) is 11.3. The van der Waals surface area contributed by atoms with Crippen LogP contribution in [0.1, 0.15) is 40.0 Å². The van der Waals surface area contributed by atoms with Crippen LogP contribution in [0.15, 0.2) is 23.3 Å². The molecule has 0 unspecified atom stereocenters. The molecule has 2 heteroatoms. The van der Waals surface area contributed by atoms with Crippen LogP contribution in [-0.2, 0) is 9.53 Å². The third kappa shape index (κ3) is 3.22. The van der Waals surface area contributed by atoms with E-state index in [0.717, 1.165) is 19.3 Å². The molecule has 2 nitrogen and oxygen atoms in total. The summed E-state index contributed by atoms with van der Waals surface area (Å²) in [6.45, 7) is 6.49. The van der Waals surface area contributed by atoms with Gasteiger partial charge in [-0.15, -0.1) is 0 Å². The van der Waals surface area contributed by atoms with Crippen molar-refractivity contribution in [2.75, 3.05) is 7.11 Å². The Morgan fingerprint density at radius 3 is 2.80 bits per heavy atom. The molecule has 0 spiro atoms. The van der Waals surface area contributed by atoms with Crippen LogP contribution in [-0.4, -0.2) is 13.1 Å². The van der Waals surface area contributed by atoms with Gasteiger partial charge in [0.1, 0.15) is 0 Å². The molecule has 0 bridgehead atoms. The van der Waals surface area contributed by atoms with Gasteiger partial charge < -0.3 is 4.74 Å². The number of carbonyl (C=O) groups is 1. The maximum Gasteiger partial charge on any atom is 0.330 e. The van der Waals surface area contributed by atoms with E-state index in [2.05, 4.69) is 31.6 Å². The molecule has 1 aliphatic rings. The second kappa shape index (κ2) is 4.65. The number of allylic oxidation sites excluding steroid dienone is 3. The zero-order valence-corrected chi connectivity index (χ0v) is 10.1. The second-order valence-corrected chi connectivity index (χ2v) is 4.84. The van der Waals surface area contributed by atoms with Crippen molar-refractivity contribution >= 4 is 5.97 Å². The lowest BCUT2D eigenvalue weighted by atomic mass is 9.79. The molecule has 15 heavy (non-hydrogen) atoms. The molecule has 84 valence electrons. The van der Waals surface area contributed by atoms with Gasteiger partial charge in [0.15, 0.2) is 0 Å². The van der Waals surface area contributed by atoms with Crippen LogP contribution in [0.25, 0.3) is 0 Å². The lowest BCUT2D eigenvalue weighted by Crippen LogP contribution is -2.15. The Labute approximate surface area is 92.0 Å². The second-order valence-electron chi connectivity index (χ2n) is 4.84. The van der Waals surface area contributed by atoms with Crippen molar-refractivity contribution in [3.8, 4) is 0 Å². The van der Waals surface area contributed by atoms with E-state index in [1.807, 2.05) is 0 Å². The zero-order chi connectivity index (χ0) is 11.5. The van der Waals surface area contributed by atoms with Gasteiger partial charge in [-0.1, -0.05) is 31.1 Å². The highest BCUT2D eigenvalue weighted by molar-refractivity contribution is 5.83. The summed E-state index contributed by atoms with van der Waals surface area (Å²) in [5.41, 5.74) is 2.62. The van der Waals surface area contributed by atoms with E-state index < -0.39 is 0 Å². The normalized spacial score (nSPS) is 23.2. The molecule has 1 aliphatic carbocycles. The molecule has 0 aliphatic heterocycles. The van der Waals surface area contributed by atoms with Gasteiger partial charge in [-0.3, -0.25) is 0 Å². The SMILES string of the molecule is COC(=O)/C=C1\CC(C)=CCCC1(C)C. The van der Waals surface area contributed by atoms with Crippen molar-refractivity contribution in [1.29, 1.82) is 0 Å². The van der Waals surface area contributed by atoms with Crippen LogP contribution >= 0.6 is 0 Å². The molecule has 0 radical (unpaired) electrons. The minimum absolute atomic E-state index is 0.0997. The van der Waals surface area contributed by atoms with Crippen molar-refractivity contribution in [1.82, 2.24) is 0 Å². The molecule has 1 rings (SSSR count). The summed E-state index contributed by atoms with van der Waals surface area (Å²) in [5, 5.41) is 0. The minimum Gasteiger partial charge on any atom is -0.466 e. The molecular formula is C13H20O2. The Morgan fingerprint density at radius 1 is 1.53 bits per heavy atom. The number of hydrogen-bond acceptors (Lipinski definition) is 2. The molecule has 0 fully saturated rings. The van der Waals surface area contributed by atoms with Crippen LogP contribution in [0.3, 0.4) is 0 Å². The summed E-state index contributed by atoms with van der Waals surface area (Å²) in [5.74, 6) is -0.243. The average Bonchev–Trinajstić information content (AvgIpc) is 2.26. The molecule has 0 aromatic heterocycles. The van der Waals surface area contributed by atoms with E-state index in [1.165, 1.54) is 18.3 Å². The molecule has 0 saturated carbocycles. The van der Waals surface area contributed by atoms with Crippen LogP contribution in [0.2, 0.25) is 0 Å². The fourth-order valence-electron chi connectivity index (χ4n) is 1.90. The standard InChI is InChI=1S/C13H20O2/c1-10-6-5-7-13(2,3)11(8-10)9-12(14)15-4/h6,9H,5,7-8H2,1-4H3/b11-9+. The number of esters is 1. The van der Waals surface area contributed by atoms with Crippen LogP contribution in [0.5, 0.6) is 0 Å². The fraction of sp³-hybridized carbons (Fsp3) is 0.615. The molecule has 0 atom stereocenters. The quantitative estimate of drug-likeness (QED) is 0.375. The van der Waals surface area contributed by atoms with E-state index in [9.17, 15) is 4.79 Å². The van der Waals surface area contributed by atoms with E-state index in [-0.39, 0.29) is 11.4 Å². The molecular weight excluding hydrogens is 188 g/mol. The molecule has 0 saturated heterocycles. The number of carbonyl (C=O) groups excluding carboxylic acids is 1. The first kappa shape index (κ1) is 12.0. The summed E-state index contributed by atoms with van der Waals surface area (Å²) in [6.07, 6.45) is 7.00. The fourth-order valence-corrected chi connectivity index (χ4v) is 1.90. The third-order valence-electron chi connectivity index (χ3n) is 3.09. The van der Waals surface area contributed by atoms with E-state index in [0.29, 0.717) is 0 Å². The Balaban J connectivity index is 2.95. The third-order valence-corrected chi connectivity index (χ3v) is 3.09. The predicted molar refractivity (Wildman–Crippen MR) is 61.5 cm³/mol. The van der Waals surface area contributed by atoms with E-state index >= 15 is 0 Å². The van der Waals surface area contributed by atoms with Gasteiger partial charge in [0.05, 0.1) is 7.11 Å². The lowest BCUT2D eigenvalue weighted by Gasteiger charge is -2.26. The van der Waals surface area contributed by atoms with Crippen molar-refractivity contribution in [3.63, 3.8) is 0 Å². The van der Waals surface area contributed by atoms with Gasteiger partial charge >= 0.3 is 5.97 Å². The molecule has 0 aromatic carbocycles. The lowest BCUT2D eigenvalue weighted by molar-refractivity contribution is -0.134. The average molecular weight is 208 g/mol. The molecule has 0 heterocycles. The maximum atomic E-state index is 11.3. The van der Waals surface area contributed by atoms with Crippen molar-refractivity contribution in [2.24, 2.45) is 5.41 Å². The maximum absolute atomic E-state index is 11.3. The van der Waals surface area contributed by atoms with Gasteiger partial charge in [-0.25, -0.2) is 4.79 Å². The van der Waals surface area contributed by atoms with Crippen LogP contribution in [0, 0.1) is 5.41 Å². The first-order valence-electron chi connectivity index (χ1n) is 5.40. The largest absolute Gasteiger partial charge is 0.466 e. The van der Waals surface area contributed by atoms with Crippen molar-refractivity contribution in [2.45, 2.75) is 40.0 Å². The Hall–Kier alpha value is -1.05. The first-order chi connectivity index (χ1) is 6.95. The van der Waals surface area contributed by atoms with E-state index in [1.54, 1.807) is 6.08 Å². The first-order valence-corrected chi connectivity index (χ1v) is 5.40. The highest BCUT2D eigenvalue weighted by Gasteiger charge is 2.25. The Kier molecular flexibility index (Phi) is 3.72. The summed E-state index contributed by atoms with van der Waals surface area (Å²) >= 11 is 0. The van der Waals surface area contributed by atoms with Gasteiger partial charge in [0.25, 0.3) is 0 Å². The van der Waals surface area contributed by atoms with Crippen molar-refractivity contribution in [3.05, 3.63) is 23.3 Å². The Bertz CT molecular complexity index is 308. The van der Waals surface area contributed by atoms with Gasteiger partial charge in [0, 0.05) is 6.08 Å². The number of hydrogen-bond donors (Lipinski definition) is 0. The number of ether oxygens (including phenoxy) is 1. The summed E-state index contributed by atoms with van der Waals surface area (Å²) in [7, 11) is 1.42. The monoisotopic (exact) mass is 208 g/mol. The molecule has 0 N–H and O–H groups in total. The van der Waals surface area contributed by atoms with E-state index in [4.69, 9.17) is 0 Å². The number of rotatable bonds is 1. The van der Waals surface area contributed by atoms with Gasteiger partial charge in [0.2, 0.25) is 0 Å². The highest BCUT2D eigenvalue weighted by Crippen LogP contribution is 2.38.